The average Bonchev–Trinajstić information content (AvgIpc) is 3.48. The molecule has 0 radical (unpaired) electrons. The van der Waals surface area contributed by atoms with Crippen molar-refractivity contribution in [2.75, 3.05) is 25.1 Å². The van der Waals surface area contributed by atoms with Gasteiger partial charge in [-0.25, -0.2) is 18.7 Å². The molecule has 1 aliphatic heterocycles. The molecule has 0 bridgehead atoms. The van der Waals surface area contributed by atoms with Gasteiger partial charge in [0, 0.05) is 12.4 Å². The first-order valence-electron chi connectivity index (χ1n) is 9.02. The zero-order chi connectivity index (χ0) is 21.1. The highest BCUT2D eigenvalue weighted by Gasteiger charge is 2.33. The van der Waals surface area contributed by atoms with Crippen LogP contribution >= 0.6 is 0 Å². The number of hydrogen-bond donors (Lipinski definition) is 1. The van der Waals surface area contributed by atoms with Crippen molar-refractivity contribution in [3.63, 3.8) is 0 Å². The summed E-state index contributed by atoms with van der Waals surface area (Å²) in [5, 5.41) is 14.5. The highest BCUT2D eigenvalue weighted by molar-refractivity contribution is 5.90. The van der Waals surface area contributed by atoms with Gasteiger partial charge >= 0.3 is 12.2 Å². The molecular formula is C18H18FN7O4. The molecular weight excluding hydrogens is 397 g/mol. The monoisotopic (exact) mass is 415 g/mol. The topological polar surface area (TPSA) is 116 Å². The fourth-order valence-electron chi connectivity index (χ4n) is 3.01. The Hall–Kier alpha value is -3.96. The van der Waals surface area contributed by atoms with Crippen LogP contribution in [0.15, 0.2) is 42.9 Å². The van der Waals surface area contributed by atoms with Gasteiger partial charge in [0.1, 0.15) is 17.5 Å². The summed E-state index contributed by atoms with van der Waals surface area (Å²) in [6.45, 7) is 0.666. The standard InChI is InChI=1S/C18H18FN7O4/c1-29-17(27)20-8-14-11-25(18(28)30-14)13-3-4-16(15(19)7-13)26-10-12(22-23-26)9-24-6-2-5-21-24/h2-7,10,14H,8-9,11H2,1H3,(H,20,27)/t14-/m0/s1. The van der Waals surface area contributed by atoms with Crippen LogP contribution in [0, 0.1) is 5.82 Å². The fraction of sp³-hybridized carbons (Fsp3) is 0.278. The molecule has 4 rings (SSSR count). The molecule has 0 unspecified atom stereocenters. The molecule has 1 saturated heterocycles. The number of aromatic nitrogens is 5. The minimum absolute atomic E-state index is 0.0907. The van der Waals surface area contributed by atoms with Crippen molar-refractivity contribution >= 4 is 17.9 Å². The maximum Gasteiger partial charge on any atom is 0.414 e. The number of carbonyl (C=O) groups is 2. The normalized spacial score (nSPS) is 15.9. The second kappa shape index (κ2) is 8.19. The number of anilines is 1. The summed E-state index contributed by atoms with van der Waals surface area (Å²) in [6, 6.07) is 6.11. The Morgan fingerprint density at radius 3 is 3.03 bits per heavy atom. The van der Waals surface area contributed by atoms with Crippen LogP contribution < -0.4 is 10.2 Å². The van der Waals surface area contributed by atoms with Crippen molar-refractivity contribution in [2.45, 2.75) is 12.6 Å². The van der Waals surface area contributed by atoms with Crippen LogP contribution in [0.1, 0.15) is 5.69 Å². The van der Waals surface area contributed by atoms with E-state index in [-0.39, 0.29) is 18.8 Å². The van der Waals surface area contributed by atoms with E-state index in [0.717, 1.165) is 0 Å². The van der Waals surface area contributed by atoms with Crippen LogP contribution in [0.2, 0.25) is 0 Å². The lowest BCUT2D eigenvalue weighted by Gasteiger charge is -2.14. The van der Waals surface area contributed by atoms with E-state index < -0.39 is 24.1 Å². The molecule has 2 amide bonds. The van der Waals surface area contributed by atoms with E-state index in [0.29, 0.717) is 17.9 Å². The summed E-state index contributed by atoms with van der Waals surface area (Å²) in [7, 11) is 1.24. The SMILES string of the molecule is COC(=O)NC[C@H]1CN(c2ccc(-n3cc(Cn4cccn4)nn3)c(F)c2)C(=O)O1. The van der Waals surface area contributed by atoms with Crippen molar-refractivity contribution in [1.29, 1.82) is 0 Å². The maximum atomic E-state index is 14.7. The van der Waals surface area contributed by atoms with Crippen LogP contribution in [0.25, 0.3) is 5.69 Å². The second-order valence-electron chi connectivity index (χ2n) is 6.48. The zero-order valence-corrected chi connectivity index (χ0v) is 15.9. The number of carbonyl (C=O) groups excluding carboxylic acids is 2. The summed E-state index contributed by atoms with van der Waals surface area (Å²) >= 11 is 0. The number of methoxy groups -OCH3 is 1. The van der Waals surface area contributed by atoms with Crippen molar-refractivity contribution in [3.05, 3.63) is 54.4 Å². The van der Waals surface area contributed by atoms with Gasteiger partial charge in [0.05, 0.1) is 38.6 Å². The summed E-state index contributed by atoms with van der Waals surface area (Å²) < 4.78 is 27.4. The Bertz CT molecular complexity index is 1050. The van der Waals surface area contributed by atoms with E-state index >= 15 is 0 Å². The number of rotatable bonds is 6. The summed E-state index contributed by atoms with van der Waals surface area (Å²) in [4.78, 5) is 24.6. The minimum Gasteiger partial charge on any atom is -0.453 e. The third kappa shape index (κ3) is 4.06. The van der Waals surface area contributed by atoms with Gasteiger partial charge in [-0.05, 0) is 24.3 Å². The molecule has 0 spiro atoms. The van der Waals surface area contributed by atoms with Crippen LogP contribution in [0.3, 0.4) is 0 Å². The Balaban J connectivity index is 1.45. The van der Waals surface area contributed by atoms with E-state index in [1.54, 1.807) is 35.4 Å². The number of hydrogen-bond acceptors (Lipinski definition) is 7. The van der Waals surface area contributed by atoms with E-state index in [1.807, 2.05) is 0 Å². The highest BCUT2D eigenvalue weighted by atomic mass is 19.1. The van der Waals surface area contributed by atoms with E-state index in [1.165, 1.54) is 28.8 Å². The lowest BCUT2D eigenvalue weighted by atomic mass is 10.2. The number of cyclic esters (lactones) is 1. The van der Waals surface area contributed by atoms with Gasteiger partial charge in [0.25, 0.3) is 0 Å². The largest absolute Gasteiger partial charge is 0.453 e. The number of halogens is 1. The summed E-state index contributed by atoms with van der Waals surface area (Å²) in [5.41, 5.74) is 1.14. The molecule has 3 aromatic rings. The number of amides is 2. The number of nitrogens with zero attached hydrogens (tertiary/aromatic N) is 6. The molecule has 1 fully saturated rings. The minimum atomic E-state index is -0.625. The molecule has 1 aromatic carbocycles. The maximum absolute atomic E-state index is 14.7. The number of nitrogens with one attached hydrogen (secondary N) is 1. The molecule has 11 nitrogen and oxygen atoms in total. The van der Waals surface area contributed by atoms with Gasteiger partial charge < -0.3 is 14.8 Å². The average molecular weight is 415 g/mol. The molecule has 3 heterocycles. The van der Waals surface area contributed by atoms with Gasteiger partial charge in [-0.2, -0.15) is 5.10 Å². The van der Waals surface area contributed by atoms with Crippen molar-refractivity contribution in [1.82, 2.24) is 30.1 Å². The third-order valence-electron chi connectivity index (χ3n) is 4.45. The molecule has 0 aliphatic carbocycles. The molecule has 30 heavy (non-hydrogen) atoms. The van der Waals surface area contributed by atoms with E-state index in [9.17, 15) is 14.0 Å². The predicted octanol–water partition coefficient (Wildman–Crippen LogP) is 1.33. The Morgan fingerprint density at radius 1 is 1.43 bits per heavy atom. The highest BCUT2D eigenvalue weighted by Crippen LogP contribution is 2.25. The van der Waals surface area contributed by atoms with E-state index in [4.69, 9.17) is 4.74 Å². The van der Waals surface area contributed by atoms with E-state index in [2.05, 4.69) is 25.5 Å². The summed E-state index contributed by atoms with van der Waals surface area (Å²) in [5.74, 6) is -0.577. The quantitative estimate of drug-likeness (QED) is 0.646. The Kier molecular flexibility index (Phi) is 5.28. The molecule has 156 valence electrons. The number of ether oxygens (including phenoxy) is 2. The van der Waals surface area contributed by atoms with Gasteiger partial charge in [0.15, 0.2) is 5.82 Å². The fourth-order valence-corrected chi connectivity index (χ4v) is 3.01. The lowest BCUT2D eigenvalue weighted by molar-refractivity contribution is 0.132. The first-order valence-corrected chi connectivity index (χ1v) is 9.02. The molecule has 0 saturated carbocycles. The molecule has 2 aromatic heterocycles. The Labute approximate surface area is 170 Å². The number of alkyl carbamates (subject to hydrolysis) is 1. The lowest BCUT2D eigenvalue weighted by Crippen LogP contribution is -2.34. The van der Waals surface area contributed by atoms with Crippen LogP contribution in [-0.4, -0.2) is 63.3 Å². The van der Waals surface area contributed by atoms with Gasteiger partial charge in [-0.15, -0.1) is 5.10 Å². The van der Waals surface area contributed by atoms with Gasteiger partial charge in [-0.3, -0.25) is 9.58 Å². The third-order valence-corrected chi connectivity index (χ3v) is 4.45. The second-order valence-corrected chi connectivity index (χ2v) is 6.48. The first kappa shape index (κ1) is 19.4. The zero-order valence-electron chi connectivity index (χ0n) is 15.9. The van der Waals surface area contributed by atoms with Crippen molar-refractivity contribution in [3.8, 4) is 5.69 Å². The molecule has 1 atom stereocenters. The first-order chi connectivity index (χ1) is 14.5. The van der Waals surface area contributed by atoms with Crippen molar-refractivity contribution < 1.29 is 23.5 Å². The van der Waals surface area contributed by atoms with Gasteiger partial charge in [0.2, 0.25) is 0 Å². The molecule has 1 N–H and O–H groups in total. The van der Waals surface area contributed by atoms with Gasteiger partial charge in [-0.1, -0.05) is 5.21 Å². The predicted molar refractivity (Wildman–Crippen MR) is 101 cm³/mol. The molecule has 1 aliphatic rings. The number of benzene rings is 1. The summed E-state index contributed by atoms with van der Waals surface area (Å²) in [6.07, 6.45) is 3.23. The van der Waals surface area contributed by atoms with Crippen molar-refractivity contribution in [2.24, 2.45) is 0 Å². The van der Waals surface area contributed by atoms with Crippen LogP contribution in [-0.2, 0) is 16.0 Å². The Morgan fingerprint density at radius 2 is 2.30 bits per heavy atom. The smallest absolute Gasteiger partial charge is 0.414 e. The van der Waals surface area contributed by atoms with Crippen LogP contribution in [0.5, 0.6) is 0 Å². The van der Waals surface area contributed by atoms with Crippen LogP contribution in [0.4, 0.5) is 19.7 Å². The molecule has 12 heteroatoms.